The van der Waals surface area contributed by atoms with Crippen molar-refractivity contribution < 1.29 is 32.6 Å². The van der Waals surface area contributed by atoms with E-state index in [4.69, 9.17) is 5.73 Å². The summed E-state index contributed by atoms with van der Waals surface area (Å²) in [6.07, 6.45) is -4.03. The van der Waals surface area contributed by atoms with Crippen molar-refractivity contribution in [2.75, 3.05) is 6.54 Å². The van der Waals surface area contributed by atoms with E-state index in [9.17, 15) is 33.1 Å². The maximum atomic E-state index is 12.4. The number of carboxylic acids is 1. The molecule has 9 heteroatoms. The Labute approximate surface area is 152 Å². The molecule has 0 aliphatic heterocycles. The number of fused-ring (bicyclic) bond motifs is 1. The molecule has 2 fully saturated rings. The molecule has 27 heavy (non-hydrogen) atoms. The summed E-state index contributed by atoms with van der Waals surface area (Å²) in [7, 11) is 0. The van der Waals surface area contributed by atoms with Crippen molar-refractivity contribution in [2.45, 2.75) is 19.2 Å². The number of hydrogen-bond acceptors (Lipinski definition) is 5. The van der Waals surface area contributed by atoms with E-state index in [1.807, 2.05) is 0 Å². The molecule has 0 saturated heterocycles. The van der Waals surface area contributed by atoms with Gasteiger partial charge in [-0.3, -0.25) is 9.59 Å². The highest BCUT2D eigenvalue weighted by molar-refractivity contribution is 5.98. The van der Waals surface area contributed by atoms with Crippen molar-refractivity contribution >= 4 is 11.8 Å². The third-order valence-electron chi connectivity index (χ3n) is 5.69. The van der Waals surface area contributed by atoms with Crippen LogP contribution in [0, 0.1) is 40.4 Å². The van der Waals surface area contributed by atoms with Gasteiger partial charge < -0.3 is 15.6 Å². The number of carboxylic acid groups (broad SMARTS) is 1. The van der Waals surface area contributed by atoms with E-state index >= 15 is 0 Å². The van der Waals surface area contributed by atoms with Crippen molar-refractivity contribution in [3.05, 3.63) is 29.8 Å². The van der Waals surface area contributed by atoms with Crippen molar-refractivity contribution in [3.63, 3.8) is 0 Å². The highest BCUT2D eigenvalue weighted by Crippen LogP contribution is 2.73. The molecule has 0 radical (unpaired) electrons. The number of ketones is 1. The van der Waals surface area contributed by atoms with Gasteiger partial charge in [0.25, 0.3) is 0 Å². The van der Waals surface area contributed by atoms with Crippen LogP contribution in [-0.4, -0.2) is 29.8 Å². The van der Waals surface area contributed by atoms with Crippen LogP contribution < -0.4 is 10.5 Å². The molecule has 6 nitrogen and oxygen atoms in total. The number of hydrogen-bond donors (Lipinski definition) is 2. The van der Waals surface area contributed by atoms with Crippen LogP contribution in [0.5, 0.6) is 5.75 Å². The maximum Gasteiger partial charge on any atom is 0.573 e. The largest absolute Gasteiger partial charge is 0.573 e. The van der Waals surface area contributed by atoms with Crippen molar-refractivity contribution in [3.8, 4) is 11.8 Å². The molecule has 3 rings (SSSR count). The number of nitrogens with two attached hydrogens (primary N) is 1. The lowest BCUT2D eigenvalue weighted by Gasteiger charge is -2.24. The van der Waals surface area contributed by atoms with Crippen LogP contribution in [0.25, 0.3) is 0 Å². The Balaban J connectivity index is 1.77. The second-order valence-electron chi connectivity index (χ2n) is 6.98. The molecule has 2 saturated carbocycles. The third kappa shape index (κ3) is 3.14. The Hall–Kier alpha value is -2.60. The maximum absolute atomic E-state index is 12.4. The number of rotatable bonds is 6. The SMILES string of the molecule is N#CC1C(Cc2ccc(OC(F)(F)F)cc2)CC2C(C(=O)O)C12C(=O)CN. The van der Waals surface area contributed by atoms with Gasteiger partial charge in [0.15, 0.2) is 5.78 Å². The number of ether oxygens (including phenoxy) is 1. The van der Waals surface area contributed by atoms with E-state index in [1.54, 1.807) is 0 Å². The summed E-state index contributed by atoms with van der Waals surface area (Å²) in [6.45, 7) is -0.325. The summed E-state index contributed by atoms with van der Waals surface area (Å²) < 4.78 is 40.5. The molecule has 0 aromatic heterocycles. The number of nitrogens with zero attached hydrogens (tertiary/aromatic N) is 1. The number of carbonyl (C=O) groups is 2. The van der Waals surface area contributed by atoms with Gasteiger partial charge in [0.05, 0.1) is 29.9 Å². The van der Waals surface area contributed by atoms with E-state index in [1.165, 1.54) is 24.3 Å². The molecule has 0 spiro atoms. The van der Waals surface area contributed by atoms with Gasteiger partial charge in [0.1, 0.15) is 5.75 Å². The topological polar surface area (TPSA) is 113 Å². The lowest BCUT2D eigenvalue weighted by atomic mass is 9.77. The highest BCUT2D eigenvalue weighted by Gasteiger charge is 2.79. The highest BCUT2D eigenvalue weighted by atomic mass is 19.4. The van der Waals surface area contributed by atoms with Crippen LogP contribution in [0.2, 0.25) is 0 Å². The number of Topliss-reactive ketones (excluding diaryl/α,β-unsaturated/α-hetero) is 1. The van der Waals surface area contributed by atoms with Crippen molar-refractivity contribution in [2.24, 2.45) is 34.8 Å². The lowest BCUT2D eigenvalue weighted by Crippen LogP contribution is -2.35. The van der Waals surface area contributed by atoms with E-state index < -0.39 is 41.3 Å². The fraction of sp³-hybridized carbons (Fsp3) is 0.500. The van der Waals surface area contributed by atoms with Crippen LogP contribution >= 0.6 is 0 Å². The van der Waals surface area contributed by atoms with Gasteiger partial charge in [0, 0.05) is 0 Å². The number of alkyl halides is 3. The second kappa shape index (κ2) is 6.53. The number of carbonyl (C=O) groups excluding carboxylic acids is 1. The van der Waals surface area contributed by atoms with Gasteiger partial charge in [-0.15, -0.1) is 13.2 Å². The summed E-state index contributed by atoms with van der Waals surface area (Å²) in [5.41, 5.74) is 4.89. The number of benzene rings is 1. The minimum absolute atomic E-state index is 0.263. The second-order valence-corrected chi connectivity index (χ2v) is 6.98. The van der Waals surface area contributed by atoms with Gasteiger partial charge in [-0.2, -0.15) is 5.26 Å². The van der Waals surface area contributed by atoms with Crippen LogP contribution in [0.4, 0.5) is 13.2 Å². The molecule has 0 heterocycles. The van der Waals surface area contributed by atoms with Crippen molar-refractivity contribution in [1.82, 2.24) is 0 Å². The first-order valence-corrected chi connectivity index (χ1v) is 8.35. The minimum atomic E-state index is -4.78. The third-order valence-corrected chi connectivity index (χ3v) is 5.69. The Morgan fingerprint density at radius 2 is 1.96 bits per heavy atom. The van der Waals surface area contributed by atoms with Crippen LogP contribution in [0.15, 0.2) is 24.3 Å². The first-order valence-electron chi connectivity index (χ1n) is 8.35. The van der Waals surface area contributed by atoms with Crippen LogP contribution in [0.3, 0.4) is 0 Å². The molecule has 1 aromatic carbocycles. The van der Waals surface area contributed by atoms with Gasteiger partial charge in [0.2, 0.25) is 0 Å². The molecule has 5 unspecified atom stereocenters. The summed E-state index contributed by atoms with van der Waals surface area (Å²) in [5, 5.41) is 19.0. The molecule has 0 amide bonds. The smallest absolute Gasteiger partial charge is 0.481 e. The number of nitriles is 1. The summed E-state index contributed by atoms with van der Waals surface area (Å²) in [5.74, 6) is -4.23. The standard InChI is InChI=1S/C18H17F3N2O4/c19-18(20,21)27-11-3-1-9(2-4-11)5-10-6-12-15(16(25)26)17(12,13(10)7-22)14(24)8-23/h1-4,10,12-13,15H,5-6,8,23H2,(H,25,26). The summed E-state index contributed by atoms with van der Waals surface area (Å²) in [4.78, 5) is 23.8. The Morgan fingerprint density at radius 1 is 1.33 bits per heavy atom. The Bertz CT molecular complexity index is 802. The first kappa shape index (κ1) is 19.2. The minimum Gasteiger partial charge on any atom is -0.481 e. The molecular weight excluding hydrogens is 365 g/mol. The van der Waals surface area contributed by atoms with Gasteiger partial charge >= 0.3 is 12.3 Å². The zero-order chi connectivity index (χ0) is 20.0. The Kier molecular flexibility index (Phi) is 4.64. The zero-order valence-corrected chi connectivity index (χ0v) is 14.1. The average molecular weight is 382 g/mol. The van der Waals surface area contributed by atoms with Crippen molar-refractivity contribution in [1.29, 1.82) is 5.26 Å². The molecule has 2 aliphatic carbocycles. The van der Waals surface area contributed by atoms with E-state index in [-0.39, 0.29) is 18.2 Å². The van der Waals surface area contributed by atoms with E-state index in [0.29, 0.717) is 18.4 Å². The molecule has 144 valence electrons. The van der Waals surface area contributed by atoms with E-state index in [2.05, 4.69) is 10.8 Å². The molecule has 3 N–H and O–H groups in total. The lowest BCUT2D eigenvalue weighted by molar-refractivity contribution is -0.274. The molecule has 5 atom stereocenters. The van der Waals surface area contributed by atoms with E-state index in [0.717, 1.165) is 0 Å². The predicted octanol–water partition coefficient (Wildman–Crippen LogP) is 2.13. The quantitative estimate of drug-likeness (QED) is 0.779. The predicted molar refractivity (Wildman–Crippen MR) is 85.1 cm³/mol. The first-order chi connectivity index (χ1) is 12.6. The fourth-order valence-electron chi connectivity index (χ4n) is 4.74. The van der Waals surface area contributed by atoms with Gasteiger partial charge in [-0.1, -0.05) is 12.1 Å². The fourth-order valence-corrected chi connectivity index (χ4v) is 4.74. The molecule has 2 aliphatic rings. The molecular formula is C18H17F3N2O4. The normalized spacial score (nSPS) is 31.7. The average Bonchev–Trinajstić information content (AvgIpc) is 3.14. The van der Waals surface area contributed by atoms with Crippen LogP contribution in [0.1, 0.15) is 12.0 Å². The zero-order valence-electron chi connectivity index (χ0n) is 14.1. The van der Waals surface area contributed by atoms with Gasteiger partial charge in [-0.05, 0) is 42.4 Å². The molecule has 0 bridgehead atoms. The molecule has 1 aromatic rings. The summed E-state index contributed by atoms with van der Waals surface area (Å²) in [6, 6.07) is 7.39. The van der Waals surface area contributed by atoms with Gasteiger partial charge in [-0.25, -0.2) is 0 Å². The monoisotopic (exact) mass is 382 g/mol. The number of halogens is 3. The Morgan fingerprint density at radius 3 is 2.44 bits per heavy atom. The van der Waals surface area contributed by atoms with Crippen LogP contribution in [-0.2, 0) is 16.0 Å². The number of aliphatic carboxylic acids is 1. The summed E-state index contributed by atoms with van der Waals surface area (Å²) >= 11 is 0.